The number of rotatable bonds is 8. The van der Waals surface area contributed by atoms with Gasteiger partial charge in [0.1, 0.15) is 11.6 Å². The summed E-state index contributed by atoms with van der Waals surface area (Å²) in [7, 11) is 0. The molecule has 3 aromatic carbocycles. The summed E-state index contributed by atoms with van der Waals surface area (Å²) >= 11 is 3.05. The number of amides is 1. The first-order chi connectivity index (χ1) is 16.9. The molecule has 0 N–H and O–H groups in total. The van der Waals surface area contributed by atoms with Crippen LogP contribution >= 0.6 is 11.6 Å². The number of hydrogen-bond acceptors (Lipinski definition) is 5. The second-order valence-corrected chi connectivity index (χ2v) is 9.00. The summed E-state index contributed by atoms with van der Waals surface area (Å²) in [6.07, 6.45) is 2.15. The summed E-state index contributed by atoms with van der Waals surface area (Å²) in [4.78, 5) is 17.1. The smallest absolute Gasteiger partial charge is 0.426 e. The van der Waals surface area contributed by atoms with E-state index in [0.717, 1.165) is 34.8 Å². The van der Waals surface area contributed by atoms with Crippen LogP contribution in [-0.4, -0.2) is 35.3 Å². The van der Waals surface area contributed by atoms with E-state index in [1.54, 1.807) is 12.1 Å². The minimum absolute atomic E-state index is 0.0503. The molecule has 1 amide bonds. The number of benzene rings is 3. The van der Waals surface area contributed by atoms with E-state index in [1.165, 1.54) is 12.1 Å². The van der Waals surface area contributed by atoms with Crippen molar-refractivity contribution in [1.29, 1.82) is 0 Å². The number of aryl methyl sites for hydroxylation is 1. The van der Waals surface area contributed by atoms with Crippen LogP contribution < -0.4 is 4.74 Å². The minimum Gasteiger partial charge on any atom is -0.755 e. The Morgan fingerprint density at radius 2 is 1.74 bits per heavy atom. The molecule has 1 atom stereocenters. The number of ether oxygens (including phenoxy) is 1. The Morgan fingerprint density at radius 3 is 2.37 bits per heavy atom. The third-order valence-electron chi connectivity index (χ3n) is 5.39. The average molecular weight is 509 g/mol. The lowest BCUT2D eigenvalue weighted by Crippen LogP contribution is -2.36. The summed E-state index contributed by atoms with van der Waals surface area (Å²) < 4.78 is 31.1. The molecule has 4 rings (SSSR count). The van der Waals surface area contributed by atoms with E-state index in [9.17, 15) is 13.6 Å². The molecule has 180 valence electrons. The van der Waals surface area contributed by atoms with Crippen molar-refractivity contribution in [2.75, 3.05) is 6.54 Å². The number of aromatic nitrogens is 2. The van der Waals surface area contributed by atoms with Crippen LogP contribution in [0.4, 0.5) is 4.79 Å². The molecule has 4 aromatic rings. The molecule has 0 fully saturated rings. The number of imidazole rings is 1. The second-order valence-electron chi connectivity index (χ2n) is 7.69. The van der Waals surface area contributed by atoms with Crippen molar-refractivity contribution in [1.82, 2.24) is 13.9 Å². The predicted molar refractivity (Wildman–Crippen MR) is 135 cm³/mol. The first-order valence-corrected chi connectivity index (χ1v) is 12.4. The fraction of sp³-hybridized carbons (Fsp3) is 0.154. The Bertz CT molecular complexity index is 1310. The number of hydrogen-bond donors (Lipinski definition) is 0. The molecule has 1 unspecified atom stereocenters. The molecule has 9 heteroatoms. The molecule has 0 aliphatic heterocycles. The highest BCUT2D eigenvalue weighted by atomic mass is 35.5. The van der Waals surface area contributed by atoms with Crippen LogP contribution in [-0.2, 0) is 24.1 Å². The van der Waals surface area contributed by atoms with Gasteiger partial charge in [0.25, 0.3) is 0 Å². The Morgan fingerprint density at radius 1 is 1.06 bits per heavy atom. The highest BCUT2D eigenvalue weighted by Crippen LogP contribution is 2.22. The highest BCUT2D eigenvalue weighted by molar-refractivity contribution is 7.77. The molecule has 0 saturated carbocycles. The van der Waals surface area contributed by atoms with Crippen molar-refractivity contribution < 1.29 is 18.3 Å². The molecule has 35 heavy (non-hydrogen) atoms. The molecule has 0 aliphatic rings. The Labute approximate surface area is 211 Å². The maximum Gasteiger partial charge on any atom is 0.426 e. The first kappa shape index (κ1) is 24.7. The van der Waals surface area contributed by atoms with Crippen molar-refractivity contribution in [2.24, 2.45) is 0 Å². The Hall–Kier alpha value is -3.46. The van der Waals surface area contributed by atoms with Crippen LogP contribution in [0.5, 0.6) is 5.75 Å². The largest absolute Gasteiger partial charge is 0.755 e. The molecule has 7 nitrogen and oxygen atoms in total. The Balaban J connectivity index is 1.44. The van der Waals surface area contributed by atoms with Gasteiger partial charge in [0, 0.05) is 35.4 Å². The number of carbonyl (C=O) groups is 1. The van der Waals surface area contributed by atoms with Crippen molar-refractivity contribution in [3.8, 4) is 22.7 Å². The molecule has 1 aromatic heterocycles. The first-order valence-electron chi connectivity index (χ1n) is 11.0. The summed E-state index contributed by atoms with van der Waals surface area (Å²) in [6.45, 7) is 2.01. The summed E-state index contributed by atoms with van der Waals surface area (Å²) in [6, 6.07) is 23.8. The molecule has 1 heterocycles. The maximum absolute atomic E-state index is 12.4. The number of carbonyl (C=O) groups excluding carboxylic acids is 1. The summed E-state index contributed by atoms with van der Waals surface area (Å²) in [5.74, 6) is 1.15. The molecular formula is C26H23ClN3O4S-. The second kappa shape index (κ2) is 11.3. The molecule has 0 saturated heterocycles. The standard InChI is InChI=1S/C26H24ClN3O4S/c1-2-25-28-24(20-6-4-3-5-7-20)18-29(25)22-12-8-19(9-13-22)16-17-30(35(32)33)26(31)34-23-14-10-21(27)11-15-23/h3-15,18H,2,16-17H2,1H3,(H,32,33)/p-1. The van der Waals surface area contributed by atoms with Gasteiger partial charge in [-0.3, -0.25) is 4.21 Å². The average Bonchev–Trinajstić information content (AvgIpc) is 3.31. The molecule has 0 bridgehead atoms. The monoisotopic (exact) mass is 508 g/mol. The SMILES string of the molecule is CCc1nc(-c2ccccc2)cn1-c1ccc(CCN(C(=O)Oc2ccc(Cl)cc2)S(=O)[O-])cc1. The third kappa shape index (κ3) is 6.16. The van der Waals surface area contributed by atoms with Crippen LogP contribution in [0.3, 0.4) is 0 Å². The lowest BCUT2D eigenvalue weighted by atomic mass is 10.1. The van der Waals surface area contributed by atoms with Crippen molar-refractivity contribution in [3.05, 3.63) is 101 Å². The zero-order valence-corrected chi connectivity index (χ0v) is 20.5. The number of nitrogens with zero attached hydrogens (tertiary/aromatic N) is 3. The normalized spacial score (nSPS) is 11.7. The van der Waals surface area contributed by atoms with Gasteiger partial charge in [-0.2, -0.15) is 0 Å². The fourth-order valence-corrected chi connectivity index (χ4v) is 4.10. The van der Waals surface area contributed by atoms with Crippen LogP contribution in [0.15, 0.2) is 85.1 Å². The van der Waals surface area contributed by atoms with Gasteiger partial charge in [-0.1, -0.05) is 61.0 Å². The lowest BCUT2D eigenvalue weighted by molar-refractivity contribution is 0.178. The topological polar surface area (TPSA) is 87.5 Å². The van der Waals surface area contributed by atoms with Gasteiger partial charge in [0.2, 0.25) is 0 Å². The predicted octanol–water partition coefficient (Wildman–Crippen LogP) is 5.59. The molecule has 0 spiro atoms. The molecule has 0 radical (unpaired) electrons. The van der Waals surface area contributed by atoms with Gasteiger partial charge < -0.3 is 13.9 Å². The Kier molecular flexibility index (Phi) is 7.97. The van der Waals surface area contributed by atoms with Gasteiger partial charge >= 0.3 is 6.09 Å². The van der Waals surface area contributed by atoms with Gasteiger partial charge in [-0.15, -0.1) is 0 Å². The van der Waals surface area contributed by atoms with Gasteiger partial charge in [0.05, 0.1) is 17.0 Å². The summed E-state index contributed by atoms with van der Waals surface area (Å²) in [5.41, 5.74) is 3.78. The van der Waals surface area contributed by atoms with E-state index in [1.807, 2.05) is 60.8 Å². The van der Waals surface area contributed by atoms with E-state index in [2.05, 4.69) is 11.5 Å². The zero-order valence-electron chi connectivity index (χ0n) is 19.0. The van der Waals surface area contributed by atoms with E-state index in [-0.39, 0.29) is 12.3 Å². The van der Waals surface area contributed by atoms with E-state index in [4.69, 9.17) is 21.3 Å². The molecule has 0 aliphatic carbocycles. The minimum atomic E-state index is -2.77. The van der Waals surface area contributed by atoms with E-state index >= 15 is 0 Å². The van der Waals surface area contributed by atoms with E-state index in [0.29, 0.717) is 15.7 Å². The van der Waals surface area contributed by atoms with Crippen LogP contribution in [0.1, 0.15) is 18.3 Å². The lowest BCUT2D eigenvalue weighted by Gasteiger charge is -2.23. The van der Waals surface area contributed by atoms with Crippen molar-refractivity contribution >= 4 is 29.0 Å². The van der Waals surface area contributed by atoms with Gasteiger partial charge in [0.15, 0.2) is 0 Å². The van der Waals surface area contributed by atoms with Crippen molar-refractivity contribution in [3.63, 3.8) is 0 Å². The quantitative estimate of drug-likeness (QED) is 0.289. The van der Waals surface area contributed by atoms with E-state index < -0.39 is 17.4 Å². The molecular weight excluding hydrogens is 486 g/mol. The van der Waals surface area contributed by atoms with Crippen LogP contribution in [0.25, 0.3) is 16.9 Å². The fourth-order valence-electron chi connectivity index (χ4n) is 3.57. The van der Waals surface area contributed by atoms with Crippen molar-refractivity contribution in [2.45, 2.75) is 19.8 Å². The van der Waals surface area contributed by atoms with Gasteiger partial charge in [-0.25, -0.2) is 14.1 Å². The maximum atomic E-state index is 12.4. The zero-order chi connectivity index (χ0) is 24.8. The summed E-state index contributed by atoms with van der Waals surface area (Å²) in [5, 5.41) is 0.482. The van der Waals surface area contributed by atoms with Crippen LogP contribution in [0, 0.1) is 0 Å². The number of halogens is 1. The van der Waals surface area contributed by atoms with Crippen LogP contribution in [0.2, 0.25) is 5.02 Å². The third-order valence-corrected chi connectivity index (χ3v) is 6.33. The highest BCUT2D eigenvalue weighted by Gasteiger charge is 2.17. The van der Waals surface area contributed by atoms with Gasteiger partial charge in [-0.05, 0) is 48.4 Å².